The van der Waals surface area contributed by atoms with Crippen molar-refractivity contribution in [1.29, 1.82) is 0 Å². The second-order valence-electron chi connectivity index (χ2n) is 7.49. The van der Waals surface area contributed by atoms with E-state index in [2.05, 4.69) is 48.2 Å². The van der Waals surface area contributed by atoms with Gasteiger partial charge in [-0.15, -0.1) is 0 Å². The van der Waals surface area contributed by atoms with Crippen molar-refractivity contribution in [2.24, 2.45) is 5.10 Å². The highest BCUT2D eigenvalue weighted by atomic mass is 32.1. The van der Waals surface area contributed by atoms with Crippen molar-refractivity contribution in [3.63, 3.8) is 0 Å². The Hall–Kier alpha value is -3.13. The molecular weight excluding hydrogens is 388 g/mol. The zero-order valence-electron chi connectivity index (χ0n) is 16.8. The van der Waals surface area contributed by atoms with Crippen LogP contribution in [-0.4, -0.2) is 33.3 Å². The SMILES string of the molecule is COc1ccc(O)c(/C=N/n2c(COc3ccc(C(C)(C)C)cc3)n[nH]c2=S)c1. The van der Waals surface area contributed by atoms with Crippen LogP contribution >= 0.6 is 12.2 Å². The third-order valence-corrected chi connectivity index (χ3v) is 4.62. The summed E-state index contributed by atoms with van der Waals surface area (Å²) in [6.45, 7) is 6.68. The van der Waals surface area contributed by atoms with Gasteiger partial charge in [0, 0.05) is 5.56 Å². The van der Waals surface area contributed by atoms with Crippen LogP contribution in [0.5, 0.6) is 17.2 Å². The van der Waals surface area contributed by atoms with Crippen molar-refractivity contribution >= 4 is 18.4 Å². The first-order valence-electron chi connectivity index (χ1n) is 9.09. The molecule has 0 aliphatic heterocycles. The summed E-state index contributed by atoms with van der Waals surface area (Å²) < 4.78 is 12.8. The van der Waals surface area contributed by atoms with E-state index in [4.69, 9.17) is 21.7 Å². The van der Waals surface area contributed by atoms with Gasteiger partial charge in [-0.3, -0.25) is 0 Å². The Kier molecular flexibility index (Phi) is 6.03. The molecule has 152 valence electrons. The van der Waals surface area contributed by atoms with Crippen LogP contribution in [0.25, 0.3) is 0 Å². The molecule has 0 aliphatic rings. The summed E-state index contributed by atoms with van der Waals surface area (Å²) in [7, 11) is 1.56. The fourth-order valence-corrected chi connectivity index (χ4v) is 2.82. The van der Waals surface area contributed by atoms with Gasteiger partial charge in [0.2, 0.25) is 4.77 Å². The van der Waals surface area contributed by atoms with Crippen molar-refractivity contribution in [1.82, 2.24) is 14.9 Å². The Bertz CT molecular complexity index is 1060. The Morgan fingerprint density at radius 1 is 1.17 bits per heavy atom. The average molecular weight is 413 g/mol. The number of nitrogens with one attached hydrogen (secondary N) is 1. The van der Waals surface area contributed by atoms with Crippen LogP contribution < -0.4 is 9.47 Å². The summed E-state index contributed by atoms with van der Waals surface area (Å²) in [5, 5.41) is 21.2. The van der Waals surface area contributed by atoms with Gasteiger partial charge in [0.15, 0.2) is 5.82 Å². The van der Waals surface area contributed by atoms with E-state index in [1.165, 1.54) is 16.5 Å². The second kappa shape index (κ2) is 8.48. The first kappa shape index (κ1) is 20.6. The van der Waals surface area contributed by atoms with Crippen molar-refractivity contribution in [3.8, 4) is 17.2 Å². The molecule has 3 rings (SSSR count). The summed E-state index contributed by atoms with van der Waals surface area (Å²) in [5.74, 6) is 1.94. The molecule has 8 heteroatoms. The van der Waals surface area contributed by atoms with Gasteiger partial charge < -0.3 is 14.6 Å². The molecule has 0 unspecified atom stereocenters. The Morgan fingerprint density at radius 3 is 2.52 bits per heavy atom. The zero-order chi connectivity index (χ0) is 21.0. The van der Waals surface area contributed by atoms with E-state index in [9.17, 15) is 5.11 Å². The van der Waals surface area contributed by atoms with Gasteiger partial charge in [-0.1, -0.05) is 32.9 Å². The van der Waals surface area contributed by atoms with E-state index < -0.39 is 0 Å². The van der Waals surface area contributed by atoms with Gasteiger partial charge in [-0.05, 0) is 53.5 Å². The van der Waals surface area contributed by atoms with Crippen LogP contribution in [0.15, 0.2) is 47.6 Å². The quantitative estimate of drug-likeness (QED) is 0.463. The molecule has 2 aromatic carbocycles. The number of aromatic nitrogens is 3. The van der Waals surface area contributed by atoms with Crippen molar-refractivity contribution in [2.45, 2.75) is 32.8 Å². The highest BCUT2D eigenvalue weighted by molar-refractivity contribution is 7.71. The summed E-state index contributed by atoms with van der Waals surface area (Å²) in [6.07, 6.45) is 1.49. The lowest BCUT2D eigenvalue weighted by atomic mass is 9.87. The monoisotopic (exact) mass is 412 g/mol. The van der Waals surface area contributed by atoms with E-state index in [0.29, 0.717) is 21.9 Å². The van der Waals surface area contributed by atoms with Gasteiger partial charge in [0.05, 0.1) is 13.3 Å². The zero-order valence-corrected chi connectivity index (χ0v) is 17.7. The normalized spacial score (nSPS) is 11.7. The maximum Gasteiger partial charge on any atom is 0.216 e. The maximum atomic E-state index is 10.00. The maximum absolute atomic E-state index is 10.00. The number of benzene rings is 2. The number of nitrogens with zero attached hydrogens (tertiary/aromatic N) is 3. The van der Waals surface area contributed by atoms with E-state index in [-0.39, 0.29) is 17.8 Å². The number of hydrogen-bond acceptors (Lipinski definition) is 6. The third-order valence-electron chi connectivity index (χ3n) is 4.35. The fourth-order valence-electron chi connectivity index (χ4n) is 2.62. The molecule has 0 aliphatic carbocycles. The summed E-state index contributed by atoms with van der Waals surface area (Å²) in [5.41, 5.74) is 1.81. The number of H-pyrrole nitrogens is 1. The van der Waals surface area contributed by atoms with Gasteiger partial charge in [-0.25, -0.2) is 5.10 Å². The number of rotatable bonds is 6. The van der Waals surface area contributed by atoms with Crippen LogP contribution in [-0.2, 0) is 12.0 Å². The largest absolute Gasteiger partial charge is 0.507 e. The van der Waals surface area contributed by atoms with Crippen LogP contribution in [0.4, 0.5) is 0 Å². The minimum atomic E-state index is 0.0845. The molecule has 0 spiro atoms. The third kappa shape index (κ3) is 5.03. The number of phenolic OH excluding ortho intramolecular Hbond substituents is 1. The first-order chi connectivity index (χ1) is 13.8. The van der Waals surface area contributed by atoms with Crippen molar-refractivity contribution in [2.75, 3.05) is 7.11 Å². The summed E-state index contributed by atoms with van der Waals surface area (Å²) in [4.78, 5) is 0. The van der Waals surface area contributed by atoms with Gasteiger partial charge in [-0.2, -0.15) is 14.9 Å². The molecule has 0 bridgehead atoms. The van der Waals surface area contributed by atoms with Gasteiger partial charge in [0.1, 0.15) is 23.9 Å². The molecule has 29 heavy (non-hydrogen) atoms. The number of aromatic hydroxyl groups is 1. The Morgan fingerprint density at radius 2 is 1.86 bits per heavy atom. The lowest BCUT2D eigenvalue weighted by molar-refractivity contribution is 0.290. The second-order valence-corrected chi connectivity index (χ2v) is 7.88. The minimum absolute atomic E-state index is 0.0845. The molecule has 1 aromatic heterocycles. The molecular formula is C21H24N4O3S. The van der Waals surface area contributed by atoms with E-state index in [1.807, 2.05) is 12.1 Å². The molecule has 1 heterocycles. The number of phenols is 1. The minimum Gasteiger partial charge on any atom is -0.507 e. The summed E-state index contributed by atoms with van der Waals surface area (Å²) in [6, 6.07) is 12.9. The molecule has 7 nitrogen and oxygen atoms in total. The topological polar surface area (TPSA) is 84.7 Å². The summed E-state index contributed by atoms with van der Waals surface area (Å²) >= 11 is 5.25. The van der Waals surface area contributed by atoms with E-state index >= 15 is 0 Å². The molecule has 0 saturated carbocycles. The highest BCUT2D eigenvalue weighted by Crippen LogP contribution is 2.25. The van der Waals surface area contributed by atoms with Crippen molar-refractivity contribution in [3.05, 3.63) is 64.2 Å². The lowest BCUT2D eigenvalue weighted by Gasteiger charge is -2.19. The predicted molar refractivity (Wildman–Crippen MR) is 115 cm³/mol. The van der Waals surface area contributed by atoms with E-state index in [0.717, 1.165) is 5.75 Å². The van der Waals surface area contributed by atoms with Crippen LogP contribution in [0, 0.1) is 4.77 Å². The Balaban J connectivity index is 1.75. The van der Waals surface area contributed by atoms with Crippen LogP contribution in [0.1, 0.15) is 37.7 Å². The molecule has 0 fully saturated rings. The fraction of sp³-hybridized carbons (Fsp3) is 0.286. The lowest BCUT2D eigenvalue weighted by Crippen LogP contribution is -2.10. The number of hydrogen-bond donors (Lipinski definition) is 2. The first-order valence-corrected chi connectivity index (χ1v) is 9.50. The average Bonchev–Trinajstić information content (AvgIpc) is 3.05. The van der Waals surface area contributed by atoms with Gasteiger partial charge >= 0.3 is 0 Å². The standard InChI is InChI=1S/C21H24N4O3S/c1-21(2,3)15-5-7-16(8-6-15)28-13-19-23-24-20(29)25(19)22-12-14-11-17(27-4)9-10-18(14)26/h5-12,26H,13H2,1-4H3,(H,24,29)/b22-12+. The van der Waals surface area contributed by atoms with Gasteiger partial charge in [0.25, 0.3) is 0 Å². The molecule has 0 saturated heterocycles. The van der Waals surface area contributed by atoms with Crippen LogP contribution in [0.2, 0.25) is 0 Å². The molecule has 0 radical (unpaired) electrons. The molecule has 3 aromatic rings. The smallest absolute Gasteiger partial charge is 0.216 e. The molecule has 0 atom stereocenters. The molecule has 2 N–H and O–H groups in total. The number of aromatic amines is 1. The Labute approximate surface area is 174 Å². The van der Waals surface area contributed by atoms with E-state index in [1.54, 1.807) is 25.3 Å². The number of ether oxygens (including phenoxy) is 2. The highest BCUT2D eigenvalue weighted by Gasteiger charge is 2.13. The predicted octanol–water partition coefficient (Wildman–Crippen LogP) is 4.41. The van der Waals surface area contributed by atoms with Crippen LogP contribution in [0.3, 0.4) is 0 Å². The molecule has 0 amide bonds. The van der Waals surface area contributed by atoms with Crippen molar-refractivity contribution < 1.29 is 14.6 Å². The number of methoxy groups -OCH3 is 1.